The van der Waals surface area contributed by atoms with Crippen LogP contribution in [0.5, 0.6) is 0 Å². The SMILES string of the molecule is CCCCCCC(=O)O[C@H](COC(=O)CC)COP(=O)(O)OCC[N+](C)(C)C. The lowest BCUT2D eigenvalue weighted by Gasteiger charge is -2.24. The van der Waals surface area contributed by atoms with Crippen molar-refractivity contribution in [3.63, 3.8) is 0 Å². The van der Waals surface area contributed by atoms with E-state index in [0.717, 1.165) is 19.3 Å². The number of hydrogen-bond acceptors (Lipinski definition) is 7. The molecule has 0 aliphatic heterocycles. The number of carbonyl (C=O) groups is 2. The molecule has 9 nitrogen and oxygen atoms in total. The van der Waals surface area contributed by atoms with E-state index in [1.54, 1.807) is 6.92 Å². The number of hydrogen-bond donors (Lipinski definition) is 1. The van der Waals surface area contributed by atoms with Gasteiger partial charge in [0.2, 0.25) is 0 Å². The predicted molar refractivity (Wildman–Crippen MR) is 105 cm³/mol. The molecule has 0 aliphatic rings. The zero-order valence-corrected chi connectivity index (χ0v) is 18.7. The fraction of sp³-hybridized carbons (Fsp3) is 0.889. The van der Waals surface area contributed by atoms with E-state index in [2.05, 4.69) is 6.92 Å². The normalized spacial score (nSPS) is 14.9. The second-order valence-electron chi connectivity index (χ2n) is 7.57. The van der Waals surface area contributed by atoms with Crippen molar-refractivity contribution in [1.82, 2.24) is 0 Å². The van der Waals surface area contributed by atoms with Crippen LogP contribution in [0.25, 0.3) is 0 Å². The van der Waals surface area contributed by atoms with Gasteiger partial charge < -0.3 is 18.9 Å². The topological polar surface area (TPSA) is 108 Å². The van der Waals surface area contributed by atoms with Gasteiger partial charge in [-0.15, -0.1) is 0 Å². The first-order valence-corrected chi connectivity index (χ1v) is 11.3. The van der Waals surface area contributed by atoms with E-state index >= 15 is 0 Å². The number of ether oxygens (including phenoxy) is 2. The number of phosphoric ester groups is 1. The van der Waals surface area contributed by atoms with Gasteiger partial charge in [-0.3, -0.25) is 18.6 Å². The molecule has 0 rings (SSSR count). The van der Waals surface area contributed by atoms with E-state index in [4.69, 9.17) is 18.5 Å². The molecule has 28 heavy (non-hydrogen) atoms. The van der Waals surface area contributed by atoms with Crippen molar-refractivity contribution in [3.8, 4) is 0 Å². The molecule has 0 aromatic heterocycles. The van der Waals surface area contributed by atoms with Gasteiger partial charge in [-0.05, 0) is 6.42 Å². The van der Waals surface area contributed by atoms with Crippen molar-refractivity contribution in [2.45, 2.75) is 58.5 Å². The Morgan fingerprint density at radius 2 is 1.68 bits per heavy atom. The van der Waals surface area contributed by atoms with E-state index in [1.165, 1.54) is 0 Å². The summed E-state index contributed by atoms with van der Waals surface area (Å²) < 4.78 is 32.6. The lowest BCUT2D eigenvalue weighted by atomic mass is 10.1. The molecular weight excluding hydrogens is 389 g/mol. The van der Waals surface area contributed by atoms with Crippen LogP contribution in [0, 0.1) is 0 Å². The molecule has 1 unspecified atom stereocenters. The number of carbonyl (C=O) groups excluding carboxylic acids is 2. The minimum atomic E-state index is -4.30. The summed E-state index contributed by atoms with van der Waals surface area (Å²) in [5.74, 6) is -0.925. The van der Waals surface area contributed by atoms with Gasteiger partial charge in [-0.2, -0.15) is 0 Å². The quantitative estimate of drug-likeness (QED) is 0.174. The summed E-state index contributed by atoms with van der Waals surface area (Å²) in [6.07, 6.45) is 3.13. The average Bonchev–Trinajstić information content (AvgIpc) is 2.59. The molecule has 0 radical (unpaired) electrons. The first-order chi connectivity index (χ1) is 13.0. The number of likely N-dealkylation sites (N-methyl/N-ethyl adjacent to an activating group) is 1. The minimum absolute atomic E-state index is 0.0317. The Morgan fingerprint density at radius 3 is 2.25 bits per heavy atom. The average molecular weight is 426 g/mol. The van der Waals surface area contributed by atoms with Crippen molar-refractivity contribution in [2.75, 3.05) is 47.5 Å². The van der Waals surface area contributed by atoms with Crippen LogP contribution in [0.3, 0.4) is 0 Å². The lowest BCUT2D eigenvalue weighted by Crippen LogP contribution is -2.37. The fourth-order valence-electron chi connectivity index (χ4n) is 1.99. The summed E-state index contributed by atoms with van der Waals surface area (Å²) in [6, 6.07) is 0. The van der Waals surface area contributed by atoms with Gasteiger partial charge >= 0.3 is 19.8 Å². The number of rotatable bonds is 16. The van der Waals surface area contributed by atoms with Crippen LogP contribution >= 0.6 is 7.82 Å². The summed E-state index contributed by atoms with van der Waals surface area (Å²) in [5, 5.41) is 0. The first kappa shape index (κ1) is 27.0. The molecule has 0 bridgehead atoms. The molecule has 0 aromatic rings. The molecule has 0 saturated carbocycles. The Labute approximate surface area is 168 Å². The van der Waals surface area contributed by atoms with E-state index in [9.17, 15) is 19.0 Å². The Bertz CT molecular complexity index is 506. The third-order valence-corrected chi connectivity index (χ3v) is 4.68. The summed E-state index contributed by atoms with van der Waals surface area (Å²) in [7, 11) is 1.46. The third kappa shape index (κ3) is 16.0. The maximum atomic E-state index is 12.0. The number of nitrogens with zero attached hydrogens (tertiary/aromatic N) is 1. The van der Waals surface area contributed by atoms with Crippen molar-refractivity contribution in [2.24, 2.45) is 0 Å². The highest BCUT2D eigenvalue weighted by molar-refractivity contribution is 7.47. The molecule has 166 valence electrons. The number of esters is 2. The summed E-state index contributed by atoms with van der Waals surface area (Å²) in [4.78, 5) is 33.1. The Morgan fingerprint density at radius 1 is 1.00 bits per heavy atom. The van der Waals surface area contributed by atoms with Crippen LogP contribution in [0.1, 0.15) is 52.4 Å². The molecule has 0 amide bonds. The lowest BCUT2D eigenvalue weighted by molar-refractivity contribution is -0.870. The van der Waals surface area contributed by atoms with E-state index in [-0.39, 0.29) is 26.1 Å². The molecule has 0 fully saturated rings. The summed E-state index contributed by atoms with van der Waals surface area (Å²) in [5.41, 5.74) is 0. The molecule has 1 N–H and O–H groups in total. The summed E-state index contributed by atoms with van der Waals surface area (Å²) >= 11 is 0. The van der Waals surface area contributed by atoms with Gasteiger partial charge in [0.1, 0.15) is 19.8 Å². The molecule has 0 aromatic carbocycles. The van der Waals surface area contributed by atoms with Crippen LogP contribution in [0.15, 0.2) is 0 Å². The second-order valence-corrected chi connectivity index (χ2v) is 9.02. The molecule has 2 atom stereocenters. The van der Waals surface area contributed by atoms with Gasteiger partial charge in [-0.25, -0.2) is 4.57 Å². The number of quaternary nitrogens is 1. The standard InChI is InChI=1S/C18H36NO8P/c1-6-8-9-10-11-18(21)27-16(14-24-17(20)7-2)15-26-28(22,23)25-13-12-19(3,4)5/h16H,6-15H2,1-5H3/p+1/t16-/m1/s1. The van der Waals surface area contributed by atoms with Crippen LogP contribution in [0.4, 0.5) is 0 Å². The monoisotopic (exact) mass is 426 g/mol. The molecule has 0 spiro atoms. The van der Waals surface area contributed by atoms with Crippen LogP contribution < -0.4 is 0 Å². The van der Waals surface area contributed by atoms with Gasteiger partial charge in [0.05, 0.1) is 27.7 Å². The Hall–Kier alpha value is -0.990. The van der Waals surface area contributed by atoms with Crippen LogP contribution in [-0.4, -0.2) is 74.9 Å². The zero-order valence-electron chi connectivity index (χ0n) is 17.8. The first-order valence-electron chi connectivity index (χ1n) is 9.76. The molecule has 10 heteroatoms. The highest BCUT2D eigenvalue weighted by Crippen LogP contribution is 2.43. The number of unbranched alkanes of at least 4 members (excludes halogenated alkanes) is 3. The maximum Gasteiger partial charge on any atom is 0.472 e. The van der Waals surface area contributed by atoms with Gasteiger partial charge in [0.15, 0.2) is 6.10 Å². The van der Waals surface area contributed by atoms with E-state index in [1.807, 2.05) is 21.1 Å². The van der Waals surface area contributed by atoms with Crippen molar-refractivity contribution in [3.05, 3.63) is 0 Å². The minimum Gasteiger partial charge on any atom is -0.462 e. The van der Waals surface area contributed by atoms with Gasteiger partial charge in [0.25, 0.3) is 0 Å². The largest absolute Gasteiger partial charge is 0.472 e. The van der Waals surface area contributed by atoms with Crippen LogP contribution in [-0.2, 0) is 32.7 Å². The van der Waals surface area contributed by atoms with Crippen molar-refractivity contribution in [1.29, 1.82) is 0 Å². The van der Waals surface area contributed by atoms with Crippen molar-refractivity contribution < 1.29 is 42.1 Å². The summed E-state index contributed by atoms with van der Waals surface area (Å²) in [6.45, 7) is 3.60. The molecule has 0 heterocycles. The fourth-order valence-corrected chi connectivity index (χ4v) is 2.73. The van der Waals surface area contributed by atoms with Crippen LogP contribution in [0.2, 0.25) is 0 Å². The highest BCUT2D eigenvalue weighted by atomic mass is 31.2. The Balaban J connectivity index is 4.54. The van der Waals surface area contributed by atoms with Gasteiger partial charge in [0, 0.05) is 12.8 Å². The maximum absolute atomic E-state index is 12.0. The molecule has 0 saturated heterocycles. The second kappa shape index (κ2) is 14.1. The van der Waals surface area contributed by atoms with Gasteiger partial charge in [-0.1, -0.05) is 33.1 Å². The zero-order chi connectivity index (χ0) is 21.6. The van der Waals surface area contributed by atoms with E-state index in [0.29, 0.717) is 17.4 Å². The smallest absolute Gasteiger partial charge is 0.462 e. The highest BCUT2D eigenvalue weighted by Gasteiger charge is 2.26. The molecule has 0 aliphatic carbocycles. The van der Waals surface area contributed by atoms with E-state index < -0.39 is 32.5 Å². The predicted octanol–water partition coefficient (Wildman–Crippen LogP) is 2.66. The number of phosphoric acid groups is 1. The molecular formula is C18H37NO8P+. The van der Waals surface area contributed by atoms with Crippen molar-refractivity contribution >= 4 is 19.8 Å². The Kier molecular flexibility index (Phi) is 13.6. The third-order valence-electron chi connectivity index (χ3n) is 3.69.